The van der Waals surface area contributed by atoms with Crippen molar-refractivity contribution in [3.8, 4) is 0 Å². The summed E-state index contributed by atoms with van der Waals surface area (Å²) in [7, 11) is -3.78. The molecule has 2 N–H and O–H groups in total. The number of nitrogens with zero attached hydrogens (tertiary/aromatic N) is 2. The number of nitrogens with one attached hydrogen (secondary N) is 2. The molecule has 8 nitrogen and oxygen atoms in total. The molecule has 1 heterocycles. The molecule has 0 saturated carbocycles. The predicted octanol–water partition coefficient (Wildman–Crippen LogP) is 4.06. The van der Waals surface area contributed by atoms with Gasteiger partial charge in [-0.15, -0.1) is 0 Å². The second-order valence-electron chi connectivity index (χ2n) is 7.38. The van der Waals surface area contributed by atoms with E-state index >= 15 is 0 Å². The summed E-state index contributed by atoms with van der Waals surface area (Å²) in [6.07, 6.45) is 1.46. The Kier molecular flexibility index (Phi) is 7.75. The Hall–Kier alpha value is -3.63. The number of benzene rings is 2. The number of hydrogen-bond acceptors (Lipinski definition) is 5. The van der Waals surface area contributed by atoms with Gasteiger partial charge >= 0.3 is 0 Å². The summed E-state index contributed by atoms with van der Waals surface area (Å²) in [6, 6.07) is 12.6. The Morgan fingerprint density at radius 2 is 1.65 bits per heavy atom. The lowest BCUT2D eigenvalue weighted by Crippen LogP contribution is -2.30. The zero-order valence-electron chi connectivity index (χ0n) is 19.0. The van der Waals surface area contributed by atoms with E-state index < -0.39 is 27.7 Å². The first-order chi connectivity index (χ1) is 16.2. The number of hydrogen-bond donors (Lipinski definition) is 2. The highest BCUT2D eigenvalue weighted by Gasteiger charge is 2.24. The van der Waals surface area contributed by atoms with Crippen molar-refractivity contribution < 1.29 is 22.4 Å². The van der Waals surface area contributed by atoms with E-state index in [-0.39, 0.29) is 40.6 Å². The molecule has 0 aliphatic carbocycles. The molecule has 0 unspecified atom stereocenters. The molecular formula is C24H25FN4O4S. The summed E-state index contributed by atoms with van der Waals surface area (Å²) < 4.78 is 41.0. The maximum absolute atomic E-state index is 14.0. The largest absolute Gasteiger partial charge is 0.320 e. The lowest BCUT2D eigenvalue weighted by Gasteiger charge is -2.19. The fourth-order valence-corrected chi connectivity index (χ4v) is 4.81. The molecule has 3 rings (SSSR count). The van der Waals surface area contributed by atoms with Crippen LogP contribution in [0.2, 0.25) is 0 Å². The lowest BCUT2D eigenvalue weighted by molar-refractivity contribution is 0.101. The molecule has 0 aliphatic heterocycles. The molecule has 0 saturated heterocycles. The number of carbonyl (C=O) groups is 2. The van der Waals surface area contributed by atoms with Gasteiger partial charge in [-0.1, -0.05) is 26.0 Å². The fourth-order valence-electron chi connectivity index (χ4n) is 3.32. The number of aryl methyl sites for hydroxylation is 1. The second kappa shape index (κ2) is 10.5. The van der Waals surface area contributed by atoms with E-state index in [2.05, 4.69) is 15.6 Å². The van der Waals surface area contributed by atoms with Crippen molar-refractivity contribution >= 4 is 33.2 Å². The summed E-state index contributed by atoms with van der Waals surface area (Å²) in [4.78, 5) is 29.5. The fraction of sp³-hybridized carbons (Fsp3) is 0.208. The van der Waals surface area contributed by atoms with Crippen molar-refractivity contribution in [1.29, 1.82) is 0 Å². The van der Waals surface area contributed by atoms with Crippen LogP contribution >= 0.6 is 0 Å². The Morgan fingerprint density at radius 3 is 2.29 bits per heavy atom. The molecule has 0 aliphatic rings. The van der Waals surface area contributed by atoms with Gasteiger partial charge in [-0.2, -0.15) is 4.31 Å². The molecular weight excluding hydrogens is 459 g/mol. The highest BCUT2D eigenvalue weighted by molar-refractivity contribution is 7.89. The van der Waals surface area contributed by atoms with Gasteiger partial charge in [-0.05, 0) is 55.0 Å². The maximum atomic E-state index is 14.0. The van der Waals surface area contributed by atoms with E-state index in [9.17, 15) is 22.4 Å². The molecule has 1 aromatic heterocycles. The quantitative estimate of drug-likeness (QED) is 0.501. The maximum Gasteiger partial charge on any atom is 0.274 e. The minimum atomic E-state index is -3.78. The van der Waals surface area contributed by atoms with E-state index in [1.165, 1.54) is 34.8 Å². The number of aromatic nitrogens is 1. The van der Waals surface area contributed by atoms with Crippen LogP contribution in [0.25, 0.3) is 0 Å². The third kappa shape index (κ3) is 5.46. The van der Waals surface area contributed by atoms with Crippen LogP contribution in [0.1, 0.15) is 40.3 Å². The Morgan fingerprint density at radius 1 is 0.941 bits per heavy atom. The van der Waals surface area contributed by atoms with Crippen LogP contribution in [-0.4, -0.2) is 42.6 Å². The van der Waals surface area contributed by atoms with Crippen LogP contribution in [0.3, 0.4) is 0 Å². The Bertz CT molecular complexity index is 1310. The monoisotopic (exact) mass is 484 g/mol. The van der Waals surface area contributed by atoms with Crippen molar-refractivity contribution in [2.45, 2.75) is 25.7 Å². The van der Waals surface area contributed by atoms with Crippen molar-refractivity contribution in [1.82, 2.24) is 9.29 Å². The average molecular weight is 485 g/mol. The third-order valence-corrected chi connectivity index (χ3v) is 7.22. The van der Waals surface area contributed by atoms with Crippen molar-refractivity contribution in [2.75, 3.05) is 23.7 Å². The Labute approximate surface area is 197 Å². The number of halogens is 1. The summed E-state index contributed by atoms with van der Waals surface area (Å²) >= 11 is 0. The van der Waals surface area contributed by atoms with Crippen LogP contribution in [0, 0.1) is 12.7 Å². The molecule has 0 spiro atoms. The van der Waals surface area contributed by atoms with Gasteiger partial charge in [0.1, 0.15) is 11.5 Å². The first-order valence-electron chi connectivity index (χ1n) is 10.6. The molecule has 34 heavy (non-hydrogen) atoms. The minimum Gasteiger partial charge on any atom is -0.320 e. The normalized spacial score (nSPS) is 11.3. The number of anilines is 2. The summed E-state index contributed by atoms with van der Waals surface area (Å²) in [6.45, 7) is 5.70. The first-order valence-corrected chi connectivity index (χ1v) is 12.1. The second-order valence-corrected chi connectivity index (χ2v) is 9.32. The number of sulfonamides is 1. The standard InChI is InChI=1S/C24H25FN4O4S/c1-4-29(5-2)34(32,33)18-11-9-16(3)19(15-18)23(30)28-22-14-17(25)10-12-20(22)27-24(31)21-8-6-7-13-26-21/h6-15H,4-5H2,1-3H3,(H,27,31)(H,28,30). The molecule has 0 fully saturated rings. The molecule has 0 radical (unpaired) electrons. The van der Waals surface area contributed by atoms with Crippen LogP contribution in [0.5, 0.6) is 0 Å². The molecule has 0 atom stereocenters. The topological polar surface area (TPSA) is 108 Å². The van der Waals surface area contributed by atoms with Crippen molar-refractivity contribution in [3.63, 3.8) is 0 Å². The SMILES string of the molecule is CCN(CC)S(=O)(=O)c1ccc(C)c(C(=O)Nc2cc(F)ccc2NC(=O)c2ccccn2)c1. The molecule has 10 heteroatoms. The van der Waals surface area contributed by atoms with Crippen molar-refractivity contribution in [3.05, 3.63) is 83.4 Å². The van der Waals surface area contributed by atoms with Crippen LogP contribution < -0.4 is 10.6 Å². The molecule has 2 aromatic carbocycles. The van der Waals surface area contributed by atoms with Gasteiger partial charge in [-0.25, -0.2) is 12.8 Å². The van der Waals surface area contributed by atoms with Gasteiger partial charge in [-0.3, -0.25) is 14.6 Å². The predicted molar refractivity (Wildman–Crippen MR) is 128 cm³/mol. The van der Waals surface area contributed by atoms with Gasteiger partial charge in [0.25, 0.3) is 11.8 Å². The number of carbonyl (C=O) groups excluding carboxylic acids is 2. The van der Waals surface area contributed by atoms with E-state index in [0.29, 0.717) is 5.56 Å². The molecule has 3 aromatic rings. The molecule has 0 bridgehead atoms. The number of amides is 2. The van der Waals surface area contributed by atoms with Gasteiger partial charge < -0.3 is 10.6 Å². The zero-order chi connectivity index (χ0) is 24.9. The molecule has 2 amide bonds. The number of pyridine rings is 1. The Balaban J connectivity index is 1.92. The highest BCUT2D eigenvalue weighted by atomic mass is 32.2. The first kappa shape index (κ1) is 25.0. The summed E-state index contributed by atoms with van der Waals surface area (Å²) in [5.74, 6) is -1.81. The molecule has 178 valence electrons. The van der Waals surface area contributed by atoms with Crippen LogP contribution in [0.4, 0.5) is 15.8 Å². The van der Waals surface area contributed by atoms with Crippen LogP contribution in [-0.2, 0) is 10.0 Å². The van der Waals surface area contributed by atoms with E-state index in [0.717, 1.165) is 12.1 Å². The average Bonchev–Trinajstić information content (AvgIpc) is 2.82. The number of rotatable bonds is 8. The van der Waals surface area contributed by atoms with E-state index in [4.69, 9.17) is 0 Å². The van der Waals surface area contributed by atoms with Crippen LogP contribution in [0.15, 0.2) is 65.7 Å². The van der Waals surface area contributed by atoms with E-state index in [1.54, 1.807) is 39.0 Å². The van der Waals surface area contributed by atoms with Gasteiger partial charge in [0.2, 0.25) is 10.0 Å². The summed E-state index contributed by atoms with van der Waals surface area (Å²) in [5.41, 5.74) is 0.973. The smallest absolute Gasteiger partial charge is 0.274 e. The van der Waals surface area contributed by atoms with E-state index in [1.807, 2.05) is 0 Å². The zero-order valence-corrected chi connectivity index (χ0v) is 19.8. The van der Waals surface area contributed by atoms with Gasteiger partial charge in [0.15, 0.2) is 0 Å². The van der Waals surface area contributed by atoms with Gasteiger partial charge in [0, 0.05) is 24.8 Å². The lowest BCUT2D eigenvalue weighted by atomic mass is 10.1. The minimum absolute atomic E-state index is 0.0186. The third-order valence-electron chi connectivity index (χ3n) is 5.17. The van der Waals surface area contributed by atoms with Crippen molar-refractivity contribution in [2.24, 2.45) is 0 Å². The van der Waals surface area contributed by atoms with Gasteiger partial charge in [0.05, 0.1) is 16.3 Å². The summed E-state index contributed by atoms with van der Waals surface area (Å²) in [5, 5.41) is 5.18. The highest BCUT2D eigenvalue weighted by Crippen LogP contribution is 2.26.